The maximum absolute atomic E-state index is 5.00. The number of hydrogen-bond donors (Lipinski definition) is 0. The molecule has 0 aliphatic heterocycles. The average molecular weight is 185 g/mol. The van der Waals surface area contributed by atoms with E-state index >= 15 is 0 Å². The van der Waals surface area contributed by atoms with E-state index in [9.17, 15) is 0 Å². The van der Waals surface area contributed by atoms with E-state index < -0.39 is 0 Å². The lowest BCUT2D eigenvalue weighted by atomic mass is 10.3. The van der Waals surface area contributed by atoms with Crippen LogP contribution in [-0.4, -0.2) is 14.4 Å². The minimum absolute atomic E-state index is 0.698. The molecule has 14 heavy (non-hydrogen) atoms. The predicted molar refractivity (Wildman–Crippen MR) is 50.7 cm³/mol. The van der Waals surface area contributed by atoms with Crippen molar-refractivity contribution < 1.29 is 4.42 Å². The number of hydrogen-bond acceptors (Lipinski definition) is 3. The maximum Gasteiger partial charge on any atom is 0.234 e. The maximum atomic E-state index is 5.00. The Labute approximate surface area is 79.8 Å². The molecule has 0 spiro atoms. The van der Waals surface area contributed by atoms with E-state index in [1.165, 1.54) is 0 Å². The summed E-state index contributed by atoms with van der Waals surface area (Å²) in [5.41, 5.74) is 1.84. The Kier molecular flexibility index (Phi) is 1.41. The highest BCUT2D eigenvalue weighted by molar-refractivity contribution is 5.59. The van der Waals surface area contributed by atoms with E-state index in [2.05, 4.69) is 9.97 Å². The quantitative estimate of drug-likeness (QED) is 0.582. The van der Waals surface area contributed by atoms with Crippen LogP contribution in [0.5, 0.6) is 0 Å². The molecular formula is C10H7N3O. The smallest absolute Gasteiger partial charge is 0.234 e. The molecule has 0 amide bonds. The summed E-state index contributed by atoms with van der Waals surface area (Å²) in [5.74, 6) is 0.698. The van der Waals surface area contributed by atoms with Gasteiger partial charge in [-0.25, -0.2) is 9.97 Å². The van der Waals surface area contributed by atoms with Gasteiger partial charge < -0.3 is 4.42 Å². The van der Waals surface area contributed by atoms with Crippen molar-refractivity contribution >= 4 is 5.78 Å². The number of rotatable bonds is 1. The minimum Gasteiger partial charge on any atom is -0.472 e. The normalized spacial score (nSPS) is 10.9. The zero-order valence-corrected chi connectivity index (χ0v) is 7.29. The Morgan fingerprint density at radius 2 is 2.36 bits per heavy atom. The first-order chi connectivity index (χ1) is 6.93. The highest BCUT2D eigenvalue weighted by Crippen LogP contribution is 2.18. The van der Waals surface area contributed by atoms with Crippen LogP contribution >= 0.6 is 0 Å². The van der Waals surface area contributed by atoms with Crippen molar-refractivity contribution in [1.29, 1.82) is 0 Å². The van der Waals surface area contributed by atoms with E-state index in [-0.39, 0.29) is 0 Å². The summed E-state index contributed by atoms with van der Waals surface area (Å²) in [6, 6.07) is 3.75. The van der Waals surface area contributed by atoms with Crippen LogP contribution in [-0.2, 0) is 0 Å². The van der Waals surface area contributed by atoms with Gasteiger partial charge in [0, 0.05) is 24.2 Å². The standard InChI is InChI=1S/C10H7N3O/c1-3-11-10-12-9(6-13(10)4-1)8-2-5-14-7-8/h1-7H. The topological polar surface area (TPSA) is 43.3 Å². The lowest BCUT2D eigenvalue weighted by Crippen LogP contribution is -1.82. The zero-order chi connectivity index (χ0) is 9.38. The van der Waals surface area contributed by atoms with Crippen LogP contribution < -0.4 is 0 Å². The molecule has 0 atom stereocenters. The van der Waals surface area contributed by atoms with Gasteiger partial charge in [0.25, 0.3) is 0 Å². The SMILES string of the molecule is c1cnc2nc(-c3ccoc3)cn2c1. The molecule has 68 valence electrons. The fraction of sp³-hybridized carbons (Fsp3) is 0. The lowest BCUT2D eigenvalue weighted by molar-refractivity contribution is 0.568. The predicted octanol–water partition coefficient (Wildman–Crippen LogP) is 1.99. The Bertz CT molecular complexity index is 521. The summed E-state index contributed by atoms with van der Waals surface area (Å²) < 4.78 is 6.87. The Balaban J connectivity index is 2.24. The van der Waals surface area contributed by atoms with Crippen LogP contribution in [0.2, 0.25) is 0 Å². The summed E-state index contributed by atoms with van der Waals surface area (Å²) in [6.07, 6.45) is 8.86. The third-order valence-electron chi connectivity index (χ3n) is 2.05. The van der Waals surface area contributed by atoms with E-state index in [0.29, 0.717) is 5.78 Å². The highest BCUT2D eigenvalue weighted by atomic mass is 16.3. The zero-order valence-electron chi connectivity index (χ0n) is 7.29. The monoisotopic (exact) mass is 185 g/mol. The van der Waals surface area contributed by atoms with Crippen LogP contribution in [0.25, 0.3) is 17.0 Å². The molecule has 3 aromatic heterocycles. The van der Waals surface area contributed by atoms with Gasteiger partial charge in [0.15, 0.2) is 0 Å². The van der Waals surface area contributed by atoms with Crippen molar-refractivity contribution in [2.75, 3.05) is 0 Å². The highest BCUT2D eigenvalue weighted by Gasteiger charge is 2.04. The van der Waals surface area contributed by atoms with Crippen molar-refractivity contribution in [2.45, 2.75) is 0 Å². The first kappa shape index (κ1) is 7.32. The molecule has 4 nitrogen and oxygen atoms in total. The molecule has 0 N–H and O–H groups in total. The Morgan fingerprint density at radius 1 is 1.36 bits per heavy atom. The lowest BCUT2D eigenvalue weighted by Gasteiger charge is -1.85. The van der Waals surface area contributed by atoms with Crippen LogP contribution in [0.1, 0.15) is 0 Å². The number of furan rings is 1. The molecule has 3 aromatic rings. The number of imidazole rings is 1. The van der Waals surface area contributed by atoms with Crippen LogP contribution in [0, 0.1) is 0 Å². The number of fused-ring (bicyclic) bond motifs is 1. The van der Waals surface area contributed by atoms with Crippen LogP contribution in [0.15, 0.2) is 47.7 Å². The van der Waals surface area contributed by atoms with Crippen LogP contribution in [0.3, 0.4) is 0 Å². The summed E-state index contributed by atoms with van der Waals surface area (Å²) in [6.45, 7) is 0. The first-order valence-corrected chi connectivity index (χ1v) is 4.26. The van der Waals surface area contributed by atoms with Crippen molar-refractivity contribution in [3.05, 3.63) is 43.2 Å². The van der Waals surface area contributed by atoms with E-state index in [4.69, 9.17) is 4.42 Å². The van der Waals surface area contributed by atoms with Gasteiger partial charge in [0.2, 0.25) is 5.78 Å². The largest absolute Gasteiger partial charge is 0.472 e. The first-order valence-electron chi connectivity index (χ1n) is 4.26. The molecule has 0 saturated heterocycles. The summed E-state index contributed by atoms with van der Waals surface area (Å²) in [7, 11) is 0. The van der Waals surface area contributed by atoms with Crippen molar-refractivity contribution in [3.8, 4) is 11.3 Å². The summed E-state index contributed by atoms with van der Waals surface area (Å²) >= 11 is 0. The summed E-state index contributed by atoms with van der Waals surface area (Å²) in [5, 5.41) is 0. The molecule has 0 aliphatic carbocycles. The van der Waals surface area contributed by atoms with Gasteiger partial charge in [-0.1, -0.05) is 0 Å². The number of nitrogens with zero attached hydrogens (tertiary/aromatic N) is 3. The molecule has 0 aliphatic rings. The molecule has 3 rings (SSSR count). The van der Waals surface area contributed by atoms with Gasteiger partial charge in [-0.3, -0.25) is 4.40 Å². The van der Waals surface area contributed by atoms with Crippen LogP contribution in [0.4, 0.5) is 0 Å². The van der Waals surface area contributed by atoms with Crippen molar-refractivity contribution in [1.82, 2.24) is 14.4 Å². The van der Waals surface area contributed by atoms with E-state index in [1.807, 2.05) is 28.9 Å². The fourth-order valence-corrected chi connectivity index (χ4v) is 1.38. The van der Waals surface area contributed by atoms with Gasteiger partial charge in [-0.2, -0.15) is 0 Å². The Hall–Kier alpha value is -2.10. The molecular weight excluding hydrogens is 178 g/mol. The molecule has 3 heterocycles. The third kappa shape index (κ3) is 1.01. The average Bonchev–Trinajstić information content (AvgIpc) is 2.86. The second kappa shape index (κ2) is 2.70. The second-order valence-corrected chi connectivity index (χ2v) is 2.97. The third-order valence-corrected chi connectivity index (χ3v) is 2.05. The molecule has 0 aromatic carbocycles. The summed E-state index contributed by atoms with van der Waals surface area (Å²) in [4.78, 5) is 8.48. The molecule has 0 radical (unpaired) electrons. The van der Waals surface area contributed by atoms with Crippen molar-refractivity contribution in [3.63, 3.8) is 0 Å². The van der Waals surface area contributed by atoms with Crippen molar-refractivity contribution in [2.24, 2.45) is 0 Å². The van der Waals surface area contributed by atoms with E-state index in [1.54, 1.807) is 18.7 Å². The minimum atomic E-state index is 0.698. The second-order valence-electron chi connectivity index (χ2n) is 2.97. The molecule has 0 fully saturated rings. The molecule has 0 unspecified atom stereocenters. The van der Waals surface area contributed by atoms with Gasteiger partial charge in [0.1, 0.15) is 0 Å². The molecule has 0 bridgehead atoms. The number of aromatic nitrogens is 3. The van der Waals surface area contributed by atoms with E-state index in [0.717, 1.165) is 11.3 Å². The molecule has 0 saturated carbocycles. The van der Waals surface area contributed by atoms with Gasteiger partial charge >= 0.3 is 0 Å². The Morgan fingerprint density at radius 3 is 3.14 bits per heavy atom. The fourth-order valence-electron chi connectivity index (χ4n) is 1.38. The molecule has 4 heteroatoms. The van der Waals surface area contributed by atoms with Gasteiger partial charge in [-0.05, 0) is 12.1 Å². The van der Waals surface area contributed by atoms with Gasteiger partial charge in [0.05, 0.1) is 18.2 Å². The van der Waals surface area contributed by atoms with Gasteiger partial charge in [-0.15, -0.1) is 0 Å².